The highest BCUT2D eigenvalue weighted by Gasteiger charge is 2.19. The van der Waals surface area contributed by atoms with Gasteiger partial charge in [0, 0.05) is 16.3 Å². The molecule has 6 nitrogen and oxygen atoms in total. The quantitative estimate of drug-likeness (QED) is 0.492. The maximum atomic E-state index is 13.4. The number of amides is 1. The summed E-state index contributed by atoms with van der Waals surface area (Å²) < 4.78 is 20.0. The molecule has 0 fully saturated rings. The van der Waals surface area contributed by atoms with E-state index in [1.165, 1.54) is 16.8 Å². The number of hydrogen-bond acceptors (Lipinski definition) is 4. The Labute approximate surface area is 176 Å². The second kappa shape index (κ2) is 8.34. The van der Waals surface area contributed by atoms with Crippen LogP contribution in [0.2, 0.25) is 5.02 Å². The number of nitrogens with zero attached hydrogens (tertiary/aromatic N) is 3. The third-order valence-corrected chi connectivity index (χ3v) is 4.58. The lowest BCUT2D eigenvalue weighted by Gasteiger charge is -2.06. The Balaban J connectivity index is 1.71. The Morgan fingerprint density at radius 2 is 1.67 bits per heavy atom. The number of carbonyl (C=O) groups excluding carboxylic acids is 1. The van der Waals surface area contributed by atoms with Crippen molar-refractivity contribution in [3.63, 3.8) is 0 Å². The first-order chi connectivity index (χ1) is 14.5. The molecular formula is C22H16ClFN4O2. The van der Waals surface area contributed by atoms with E-state index in [1.54, 1.807) is 67.8 Å². The van der Waals surface area contributed by atoms with Crippen molar-refractivity contribution in [2.75, 3.05) is 12.4 Å². The molecular weight excluding hydrogens is 407 g/mol. The van der Waals surface area contributed by atoms with Gasteiger partial charge < -0.3 is 10.1 Å². The van der Waals surface area contributed by atoms with Gasteiger partial charge in [0.1, 0.15) is 11.6 Å². The standard InChI is InChI=1S/C22H16ClFN4O2/c1-30-19-12-8-17(9-13-19)25-22(29)20-26-21(14-2-4-15(23)5-3-14)28(27-20)18-10-6-16(24)7-11-18/h2-13H,1H3,(H,25,29). The van der Waals surface area contributed by atoms with Crippen LogP contribution in [0.1, 0.15) is 10.6 Å². The van der Waals surface area contributed by atoms with E-state index in [0.717, 1.165) is 0 Å². The van der Waals surface area contributed by atoms with Crippen LogP contribution in [0.15, 0.2) is 72.8 Å². The van der Waals surface area contributed by atoms with Crippen molar-refractivity contribution >= 4 is 23.2 Å². The first-order valence-corrected chi connectivity index (χ1v) is 9.35. The van der Waals surface area contributed by atoms with E-state index in [2.05, 4.69) is 15.4 Å². The average molecular weight is 423 g/mol. The van der Waals surface area contributed by atoms with Gasteiger partial charge in [-0.25, -0.2) is 14.1 Å². The van der Waals surface area contributed by atoms with Crippen LogP contribution in [0.5, 0.6) is 5.75 Å². The number of anilines is 1. The lowest BCUT2D eigenvalue weighted by atomic mass is 10.2. The highest BCUT2D eigenvalue weighted by molar-refractivity contribution is 6.30. The molecule has 0 bridgehead atoms. The largest absolute Gasteiger partial charge is 0.497 e. The van der Waals surface area contributed by atoms with E-state index in [-0.39, 0.29) is 11.6 Å². The number of nitrogens with one attached hydrogen (secondary N) is 1. The number of benzene rings is 3. The van der Waals surface area contributed by atoms with Crippen LogP contribution in [0.4, 0.5) is 10.1 Å². The molecule has 0 atom stereocenters. The topological polar surface area (TPSA) is 69.0 Å². The van der Waals surface area contributed by atoms with Crippen molar-refractivity contribution in [2.24, 2.45) is 0 Å². The van der Waals surface area contributed by atoms with Crippen molar-refractivity contribution in [3.8, 4) is 22.8 Å². The van der Waals surface area contributed by atoms with Gasteiger partial charge in [0.25, 0.3) is 5.91 Å². The number of halogens is 2. The smallest absolute Gasteiger partial charge is 0.295 e. The summed E-state index contributed by atoms with van der Waals surface area (Å²) in [6.45, 7) is 0. The van der Waals surface area contributed by atoms with E-state index >= 15 is 0 Å². The number of aromatic nitrogens is 3. The summed E-state index contributed by atoms with van der Waals surface area (Å²) in [5.41, 5.74) is 1.85. The predicted molar refractivity (Wildman–Crippen MR) is 113 cm³/mol. The molecule has 1 heterocycles. The fourth-order valence-electron chi connectivity index (χ4n) is 2.82. The SMILES string of the molecule is COc1ccc(NC(=O)c2nc(-c3ccc(Cl)cc3)n(-c3ccc(F)cc3)n2)cc1. The third-order valence-electron chi connectivity index (χ3n) is 4.33. The minimum Gasteiger partial charge on any atom is -0.497 e. The van der Waals surface area contributed by atoms with Gasteiger partial charge >= 0.3 is 0 Å². The van der Waals surface area contributed by atoms with Gasteiger partial charge in [-0.05, 0) is 72.8 Å². The molecule has 0 saturated heterocycles. The first-order valence-electron chi connectivity index (χ1n) is 8.98. The lowest BCUT2D eigenvalue weighted by molar-refractivity contribution is 0.101. The highest BCUT2D eigenvalue weighted by atomic mass is 35.5. The molecule has 0 radical (unpaired) electrons. The van der Waals surface area contributed by atoms with Gasteiger partial charge in [-0.2, -0.15) is 0 Å². The Morgan fingerprint density at radius 3 is 2.30 bits per heavy atom. The Morgan fingerprint density at radius 1 is 1.00 bits per heavy atom. The zero-order chi connectivity index (χ0) is 21.1. The molecule has 0 aliphatic heterocycles. The van der Waals surface area contributed by atoms with Crippen molar-refractivity contribution < 1.29 is 13.9 Å². The summed E-state index contributed by atoms with van der Waals surface area (Å²) in [6, 6.07) is 19.7. The third kappa shape index (κ3) is 4.16. The highest BCUT2D eigenvalue weighted by Crippen LogP contribution is 2.24. The number of hydrogen-bond donors (Lipinski definition) is 1. The summed E-state index contributed by atoms with van der Waals surface area (Å²) in [7, 11) is 1.57. The number of methoxy groups -OCH3 is 1. The van der Waals surface area contributed by atoms with E-state index in [1.807, 2.05) is 0 Å². The lowest BCUT2D eigenvalue weighted by Crippen LogP contribution is -2.14. The van der Waals surface area contributed by atoms with E-state index in [4.69, 9.17) is 16.3 Å². The van der Waals surface area contributed by atoms with Gasteiger partial charge in [-0.15, -0.1) is 5.10 Å². The van der Waals surface area contributed by atoms with Gasteiger partial charge in [-0.1, -0.05) is 11.6 Å². The summed E-state index contributed by atoms with van der Waals surface area (Å²) in [6.07, 6.45) is 0. The van der Waals surface area contributed by atoms with Crippen LogP contribution in [-0.4, -0.2) is 27.8 Å². The number of rotatable bonds is 5. The molecule has 8 heteroatoms. The number of ether oxygens (including phenoxy) is 1. The van der Waals surface area contributed by atoms with E-state index in [0.29, 0.717) is 33.5 Å². The monoisotopic (exact) mass is 422 g/mol. The van der Waals surface area contributed by atoms with Gasteiger partial charge in [0.2, 0.25) is 5.82 Å². The van der Waals surface area contributed by atoms with E-state index in [9.17, 15) is 9.18 Å². The van der Waals surface area contributed by atoms with Crippen molar-refractivity contribution in [2.45, 2.75) is 0 Å². The molecule has 3 aromatic carbocycles. The maximum Gasteiger partial charge on any atom is 0.295 e. The molecule has 0 aliphatic rings. The molecule has 0 unspecified atom stereocenters. The van der Waals surface area contributed by atoms with Gasteiger partial charge in [0.15, 0.2) is 5.82 Å². The summed E-state index contributed by atoms with van der Waals surface area (Å²) in [5, 5.41) is 7.68. The molecule has 4 rings (SSSR count). The summed E-state index contributed by atoms with van der Waals surface area (Å²) >= 11 is 5.98. The Kier molecular flexibility index (Phi) is 5.45. The summed E-state index contributed by atoms with van der Waals surface area (Å²) in [5.74, 6) is 0.232. The minimum absolute atomic E-state index is 0.0277. The zero-order valence-corrected chi connectivity index (χ0v) is 16.6. The molecule has 1 amide bonds. The molecule has 0 spiro atoms. The summed E-state index contributed by atoms with van der Waals surface area (Å²) in [4.78, 5) is 17.2. The fourth-order valence-corrected chi connectivity index (χ4v) is 2.94. The molecule has 1 aromatic heterocycles. The second-order valence-corrected chi connectivity index (χ2v) is 6.77. The maximum absolute atomic E-state index is 13.4. The fraction of sp³-hybridized carbons (Fsp3) is 0.0455. The molecule has 1 N–H and O–H groups in total. The molecule has 0 saturated carbocycles. The second-order valence-electron chi connectivity index (χ2n) is 6.34. The molecule has 0 aliphatic carbocycles. The zero-order valence-electron chi connectivity index (χ0n) is 15.8. The molecule has 4 aromatic rings. The van der Waals surface area contributed by atoms with Crippen molar-refractivity contribution in [1.82, 2.24) is 14.8 Å². The van der Waals surface area contributed by atoms with Crippen LogP contribution >= 0.6 is 11.6 Å². The van der Waals surface area contributed by atoms with Crippen LogP contribution in [-0.2, 0) is 0 Å². The predicted octanol–water partition coefficient (Wildman–Crippen LogP) is 4.99. The molecule has 150 valence electrons. The Hall–Kier alpha value is -3.71. The van der Waals surface area contributed by atoms with Crippen LogP contribution in [0, 0.1) is 5.82 Å². The van der Waals surface area contributed by atoms with Gasteiger partial charge in [0.05, 0.1) is 12.8 Å². The van der Waals surface area contributed by atoms with Crippen molar-refractivity contribution in [1.29, 1.82) is 0 Å². The van der Waals surface area contributed by atoms with Crippen LogP contribution in [0.3, 0.4) is 0 Å². The van der Waals surface area contributed by atoms with Crippen LogP contribution < -0.4 is 10.1 Å². The van der Waals surface area contributed by atoms with Gasteiger partial charge in [-0.3, -0.25) is 4.79 Å². The van der Waals surface area contributed by atoms with Crippen LogP contribution in [0.25, 0.3) is 17.1 Å². The normalized spacial score (nSPS) is 10.6. The Bertz CT molecular complexity index is 1110. The number of carbonyl (C=O) groups is 1. The van der Waals surface area contributed by atoms with E-state index < -0.39 is 5.91 Å². The first kappa shape index (κ1) is 19.6. The average Bonchev–Trinajstić information content (AvgIpc) is 3.21. The minimum atomic E-state index is -0.476. The molecule has 30 heavy (non-hydrogen) atoms. The van der Waals surface area contributed by atoms with Crippen molar-refractivity contribution in [3.05, 3.63) is 89.5 Å².